The van der Waals surface area contributed by atoms with Crippen molar-refractivity contribution in [2.45, 2.75) is 64.6 Å². The molecule has 5 nitrogen and oxygen atoms in total. The van der Waals surface area contributed by atoms with E-state index in [4.69, 9.17) is 11.6 Å². The Hall–Kier alpha value is -1.07. The van der Waals surface area contributed by atoms with E-state index in [-0.39, 0.29) is 11.9 Å². The van der Waals surface area contributed by atoms with Crippen molar-refractivity contribution in [3.8, 4) is 0 Å². The number of aryl methyl sites for hydroxylation is 1. The van der Waals surface area contributed by atoms with Gasteiger partial charge in [-0.25, -0.2) is 4.98 Å². The van der Waals surface area contributed by atoms with E-state index < -0.39 is 0 Å². The third-order valence-electron chi connectivity index (χ3n) is 4.92. The molecule has 0 spiro atoms. The van der Waals surface area contributed by atoms with Gasteiger partial charge in [0.2, 0.25) is 5.91 Å². The molecule has 1 aromatic rings. The van der Waals surface area contributed by atoms with Crippen LogP contribution in [0.5, 0.6) is 0 Å². The lowest BCUT2D eigenvalue weighted by Crippen LogP contribution is -2.58. The first-order chi connectivity index (χ1) is 10.6. The van der Waals surface area contributed by atoms with Gasteiger partial charge in [0.05, 0.1) is 11.7 Å². The second-order valence-electron chi connectivity index (χ2n) is 6.49. The quantitative estimate of drug-likeness (QED) is 0.905. The number of fused-ring (bicyclic) bond motifs is 1. The van der Waals surface area contributed by atoms with Crippen LogP contribution in [0.1, 0.15) is 51.0 Å². The van der Waals surface area contributed by atoms with Crippen molar-refractivity contribution in [1.82, 2.24) is 19.8 Å². The summed E-state index contributed by atoms with van der Waals surface area (Å²) in [5.74, 6) is 1.22. The minimum absolute atomic E-state index is 0.0761. The summed E-state index contributed by atoms with van der Waals surface area (Å²) < 4.78 is 0. The number of unbranched alkanes of at least 4 members (excludes halogenated alkanes) is 1. The number of H-pyrrole nitrogens is 1. The zero-order valence-corrected chi connectivity index (χ0v) is 14.2. The van der Waals surface area contributed by atoms with Crippen molar-refractivity contribution in [2.24, 2.45) is 0 Å². The fourth-order valence-electron chi connectivity index (χ4n) is 3.55. The molecule has 122 valence electrons. The van der Waals surface area contributed by atoms with Crippen LogP contribution in [0.25, 0.3) is 0 Å². The summed E-state index contributed by atoms with van der Waals surface area (Å²) in [6.45, 7) is 6.70. The lowest BCUT2D eigenvalue weighted by Gasteiger charge is -2.41. The number of nitrogens with one attached hydrogen (secondary N) is 1. The fraction of sp³-hybridized carbons (Fsp3) is 0.750. The topological polar surface area (TPSA) is 52.2 Å². The summed E-state index contributed by atoms with van der Waals surface area (Å²) in [5, 5.41) is 0.555. The van der Waals surface area contributed by atoms with Crippen molar-refractivity contribution < 1.29 is 4.79 Å². The van der Waals surface area contributed by atoms with Crippen LogP contribution in [0, 0.1) is 0 Å². The number of hydrogen-bond acceptors (Lipinski definition) is 3. The molecule has 1 aromatic heterocycles. The van der Waals surface area contributed by atoms with Gasteiger partial charge in [-0.3, -0.25) is 9.69 Å². The minimum Gasteiger partial charge on any atom is -0.344 e. The summed E-state index contributed by atoms with van der Waals surface area (Å²) in [6, 6.07) is 0.303. The molecule has 0 aliphatic carbocycles. The maximum absolute atomic E-state index is 12.5. The van der Waals surface area contributed by atoms with Gasteiger partial charge in [-0.15, -0.1) is 0 Å². The van der Waals surface area contributed by atoms with Crippen molar-refractivity contribution in [2.75, 3.05) is 13.1 Å². The molecule has 2 saturated heterocycles. The number of halogens is 1. The Morgan fingerprint density at radius 2 is 2.27 bits per heavy atom. The van der Waals surface area contributed by atoms with E-state index in [2.05, 4.69) is 26.7 Å². The van der Waals surface area contributed by atoms with Gasteiger partial charge in [0, 0.05) is 32.1 Å². The highest BCUT2D eigenvalue weighted by Crippen LogP contribution is 2.27. The summed E-state index contributed by atoms with van der Waals surface area (Å²) in [5.41, 5.74) is 0.943. The molecule has 0 bridgehead atoms. The molecule has 0 unspecified atom stereocenters. The molecule has 2 fully saturated rings. The molecule has 3 heterocycles. The molecule has 2 aliphatic rings. The van der Waals surface area contributed by atoms with Gasteiger partial charge in [0.1, 0.15) is 5.82 Å². The molecule has 0 aromatic carbocycles. The molecule has 1 amide bonds. The first kappa shape index (κ1) is 15.8. The first-order valence-electron chi connectivity index (χ1n) is 8.38. The monoisotopic (exact) mass is 324 g/mol. The van der Waals surface area contributed by atoms with Crippen LogP contribution in [0.3, 0.4) is 0 Å². The van der Waals surface area contributed by atoms with Crippen molar-refractivity contribution in [1.29, 1.82) is 0 Å². The second-order valence-corrected chi connectivity index (χ2v) is 6.85. The predicted octanol–water partition coefficient (Wildman–Crippen LogP) is 2.60. The largest absolute Gasteiger partial charge is 0.344 e. The Bertz CT molecular complexity index is 544. The number of carbonyl (C=O) groups is 1. The SMILES string of the molecule is CCCCc1nc(Cl)c(CN2C[C@H]3CCCN3C(=O)[C@H]2C)[nH]1. The van der Waals surface area contributed by atoms with Gasteiger partial charge in [-0.1, -0.05) is 24.9 Å². The smallest absolute Gasteiger partial charge is 0.239 e. The summed E-state index contributed by atoms with van der Waals surface area (Å²) in [6.07, 6.45) is 5.43. The van der Waals surface area contributed by atoms with Gasteiger partial charge < -0.3 is 9.88 Å². The van der Waals surface area contributed by atoms with Crippen LogP contribution < -0.4 is 0 Å². The Balaban J connectivity index is 1.69. The third kappa shape index (κ3) is 3.01. The van der Waals surface area contributed by atoms with Gasteiger partial charge in [-0.2, -0.15) is 0 Å². The van der Waals surface area contributed by atoms with E-state index in [1.165, 1.54) is 0 Å². The molecule has 6 heteroatoms. The highest BCUT2D eigenvalue weighted by atomic mass is 35.5. The number of rotatable bonds is 5. The van der Waals surface area contributed by atoms with Crippen LogP contribution in [0.15, 0.2) is 0 Å². The molecular formula is C16H25ClN4O. The lowest BCUT2D eigenvalue weighted by atomic mass is 10.1. The summed E-state index contributed by atoms with van der Waals surface area (Å²) in [4.78, 5) is 24.5. The van der Waals surface area contributed by atoms with Crippen LogP contribution in [0.4, 0.5) is 0 Å². The minimum atomic E-state index is -0.0761. The Morgan fingerprint density at radius 1 is 1.45 bits per heavy atom. The fourth-order valence-corrected chi connectivity index (χ4v) is 3.76. The second kappa shape index (κ2) is 6.59. The van der Waals surface area contributed by atoms with E-state index in [0.717, 1.165) is 56.7 Å². The lowest BCUT2D eigenvalue weighted by molar-refractivity contribution is -0.143. The van der Waals surface area contributed by atoms with Gasteiger partial charge in [-0.05, 0) is 26.2 Å². The number of aromatic nitrogens is 2. The van der Waals surface area contributed by atoms with E-state index in [1.54, 1.807) is 0 Å². The van der Waals surface area contributed by atoms with Gasteiger partial charge in [0.15, 0.2) is 5.15 Å². The normalized spacial score (nSPS) is 25.8. The Kier molecular flexibility index (Phi) is 4.73. The van der Waals surface area contributed by atoms with Crippen molar-refractivity contribution in [3.63, 3.8) is 0 Å². The van der Waals surface area contributed by atoms with Crippen molar-refractivity contribution >= 4 is 17.5 Å². The third-order valence-corrected chi connectivity index (χ3v) is 5.23. The van der Waals surface area contributed by atoms with Gasteiger partial charge >= 0.3 is 0 Å². The van der Waals surface area contributed by atoms with Crippen molar-refractivity contribution in [3.05, 3.63) is 16.7 Å². The number of hydrogen-bond donors (Lipinski definition) is 1. The number of aromatic amines is 1. The number of imidazole rings is 1. The average Bonchev–Trinajstić information content (AvgIpc) is 3.09. The van der Waals surface area contributed by atoms with E-state index in [9.17, 15) is 4.79 Å². The highest BCUT2D eigenvalue weighted by Gasteiger charge is 2.40. The standard InChI is InChI=1S/C16H25ClN4O/c1-3-4-7-14-18-13(15(17)19-14)10-20-9-12-6-5-8-21(12)16(22)11(20)2/h11-12H,3-10H2,1-2H3,(H,18,19)/t11-,12-/m1/s1. The molecule has 2 atom stereocenters. The Labute approximate surface area is 137 Å². The maximum atomic E-state index is 12.5. The molecule has 3 rings (SSSR count). The number of piperazine rings is 1. The van der Waals surface area contributed by atoms with Crippen LogP contribution in [0.2, 0.25) is 5.15 Å². The molecule has 0 saturated carbocycles. The molecular weight excluding hydrogens is 300 g/mol. The molecule has 1 N–H and O–H groups in total. The van der Waals surface area contributed by atoms with Crippen LogP contribution >= 0.6 is 11.6 Å². The maximum Gasteiger partial charge on any atom is 0.239 e. The molecule has 2 aliphatic heterocycles. The molecule has 0 radical (unpaired) electrons. The number of nitrogens with zero attached hydrogens (tertiary/aromatic N) is 3. The summed E-state index contributed by atoms with van der Waals surface area (Å²) in [7, 11) is 0. The number of carbonyl (C=O) groups excluding carboxylic acids is 1. The number of amides is 1. The van der Waals surface area contributed by atoms with Crippen LogP contribution in [-0.4, -0.2) is 50.8 Å². The first-order valence-corrected chi connectivity index (χ1v) is 8.75. The Morgan fingerprint density at radius 3 is 3.05 bits per heavy atom. The summed E-state index contributed by atoms with van der Waals surface area (Å²) >= 11 is 6.27. The van der Waals surface area contributed by atoms with Gasteiger partial charge in [0.25, 0.3) is 0 Å². The van der Waals surface area contributed by atoms with E-state index in [0.29, 0.717) is 17.7 Å². The predicted molar refractivity (Wildman–Crippen MR) is 86.8 cm³/mol. The van der Waals surface area contributed by atoms with E-state index >= 15 is 0 Å². The highest BCUT2D eigenvalue weighted by molar-refractivity contribution is 6.30. The van der Waals surface area contributed by atoms with E-state index in [1.807, 2.05) is 6.92 Å². The van der Waals surface area contributed by atoms with Crippen LogP contribution in [-0.2, 0) is 17.8 Å². The zero-order chi connectivity index (χ0) is 15.7. The average molecular weight is 325 g/mol. The zero-order valence-electron chi connectivity index (χ0n) is 13.4. The molecule has 22 heavy (non-hydrogen) atoms.